The summed E-state index contributed by atoms with van der Waals surface area (Å²) in [5.41, 5.74) is 6.86. The molecule has 0 unspecified atom stereocenters. The van der Waals surface area contributed by atoms with Crippen molar-refractivity contribution in [1.29, 1.82) is 0 Å². The van der Waals surface area contributed by atoms with Crippen LogP contribution in [0.4, 0.5) is 5.69 Å². The molecule has 1 saturated heterocycles. The predicted octanol–water partition coefficient (Wildman–Crippen LogP) is -0.540. The number of hydrogen-bond donors (Lipinski definition) is 4. The average Bonchev–Trinajstić information content (AvgIpc) is 3.47. The van der Waals surface area contributed by atoms with Gasteiger partial charge in [-0.05, 0) is 12.1 Å². The number of anilines is 1. The van der Waals surface area contributed by atoms with Gasteiger partial charge in [0.25, 0.3) is 0 Å². The minimum Gasteiger partial charge on any atom is -0.465 e. The van der Waals surface area contributed by atoms with Gasteiger partial charge in [-0.15, -0.1) is 0 Å². The Morgan fingerprint density at radius 3 is 2.54 bits per heavy atom. The summed E-state index contributed by atoms with van der Waals surface area (Å²) in [4.78, 5) is 44.8. The van der Waals surface area contributed by atoms with Crippen LogP contribution in [-0.2, 0) is 28.8 Å². The molecule has 2 aromatic heterocycles. The molecule has 15 nitrogen and oxygen atoms in total. The third-order valence-corrected chi connectivity index (χ3v) is 6.87. The van der Waals surface area contributed by atoms with Crippen LogP contribution >= 0.6 is 0 Å². The zero-order valence-electron chi connectivity index (χ0n) is 20.5. The van der Waals surface area contributed by atoms with Crippen molar-refractivity contribution in [2.24, 2.45) is 0 Å². The van der Waals surface area contributed by atoms with E-state index in [4.69, 9.17) is 14.7 Å². The van der Waals surface area contributed by atoms with Crippen LogP contribution in [0, 0.1) is 0 Å². The third-order valence-electron chi connectivity index (χ3n) is 5.94. The molecule has 0 radical (unpaired) electrons. The molecular weight excluding hydrogens is 538 g/mol. The van der Waals surface area contributed by atoms with Crippen molar-refractivity contribution in [3.8, 4) is 0 Å². The second-order valence-corrected chi connectivity index (χ2v) is 9.84. The highest BCUT2D eigenvalue weighted by Gasteiger charge is 2.45. The first-order valence-electron chi connectivity index (χ1n) is 11.5. The first kappa shape index (κ1) is 28.1. The fraction of sp³-hybridized carbons (Fsp3) is 0.348. The number of aromatic nitrogens is 3. The number of imidazole rings is 1. The largest absolute Gasteiger partial charge is 0.465 e. The zero-order valence-corrected chi connectivity index (χ0v) is 21.3. The Hall–Kier alpha value is -3.96. The van der Waals surface area contributed by atoms with E-state index in [1.165, 1.54) is 47.4 Å². The highest BCUT2D eigenvalue weighted by molar-refractivity contribution is 7.85. The highest BCUT2D eigenvalue weighted by Crippen LogP contribution is 2.32. The van der Waals surface area contributed by atoms with Gasteiger partial charge in [0, 0.05) is 24.6 Å². The summed E-state index contributed by atoms with van der Waals surface area (Å²) in [5, 5.41) is 20.8. The molecule has 1 aliphatic heterocycles. The second kappa shape index (κ2) is 11.4. The molecule has 3 heterocycles. The number of nitrogen functional groups attached to an aromatic ring is 1. The first-order chi connectivity index (χ1) is 18.5. The number of nitrogens with two attached hydrogens (primary N) is 1. The van der Waals surface area contributed by atoms with Crippen molar-refractivity contribution >= 4 is 44.8 Å². The lowest BCUT2D eigenvalue weighted by Crippen LogP contribution is -2.37. The Bertz CT molecular complexity index is 1510. The monoisotopic (exact) mass is 563 g/mol. The quantitative estimate of drug-likeness (QED) is 0.180. The van der Waals surface area contributed by atoms with Crippen molar-refractivity contribution in [1.82, 2.24) is 19.3 Å². The zero-order chi connectivity index (χ0) is 28.3. The molecule has 208 valence electrons. The molecule has 1 aliphatic rings. The molecule has 16 heteroatoms. The standard InChI is InChI=1S/C23H25N5O10S/c1-36-23(33)13-5-3-2-4-12(13)15(29)6-7-17(30)27-39(34,35)37-10-16-19(31)20(32)22(38-16)28-11-26-18-14(24)8-9-25-21(18)28/h2-5,8-9,11,16,19-20,22,31-32H,6-7,10H2,1H3,(H2,24,25)(H,27,30)/t16-,19-,20-,22-/m1/s1. The number of nitrogens with zero attached hydrogens (tertiary/aromatic N) is 3. The molecule has 3 aromatic rings. The van der Waals surface area contributed by atoms with E-state index in [9.17, 15) is 33.0 Å². The summed E-state index contributed by atoms with van der Waals surface area (Å²) < 4.78 is 42.5. The average molecular weight is 564 g/mol. The molecule has 4 atom stereocenters. The van der Waals surface area contributed by atoms with E-state index in [1.54, 1.807) is 4.72 Å². The number of ketones is 1. The lowest BCUT2D eigenvalue weighted by molar-refractivity contribution is -0.119. The fourth-order valence-corrected chi connectivity index (χ4v) is 4.74. The number of carbonyl (C=O) groups is 3. The molecule has 39 heavy (non-hydrogen) atoms. The SMILES string of the molecule is COC(=O)c1ccccc1C(=O)CCC(=O)NS(=O)(=O)OC[C@H]1O[C@@H](n2cnc3c(N)ccnc32)[C@H](O)[C@@H]1O. The molecule has 0 spiro atoms. The lowest BCUT2D eigenvalue weighted by atomic mass is 10.0. The topological polar surface area (TPSA) is 222 Å². The first-order valence-corrected chi connectivity index (χ1v) is 12.9. The van der Waals surface area contributed by atoms with Crippen LogP contribution < -0.4 is 10.5 Å². The van der Waals surface area contributed by atoms with Gasteiger partial charge in [-0.2, -0.15) is 8.42 Å². The van der Waals surface area contributed by atoms with Crippen LogP contribution in [0.25, 0.3) is 11.2 Å². The van der Waals surface area contributed by atoms with Gasteiger partial charge in [-0.25, -0.2) is 19.5 Å². The number of amides is 1. The predicted molar refractivity (Wildman–Crippen MR) is 132 cm³/mol. The smallest absolute Gasteiger partial charge is 0.362 e. The van der Waals surface area contributed by atoms with Crippen molar-refractivity contribution in [2.75, 3.05) is 19.5 Å². The minimum absolute atomic E-state index is 0.0138. The number of pyridine rings is 1. The Labute approximate surface area is 221 Å². The van der Waals surface area contributed by atoms with Gasteiger partial charge in [0.15, 0.2) is 17.7 Å². The van der Waals surface area contributed by atoms with Gasteiger partial charge in [0.05, 0.1) is 31.3 Å². The highest BCUT2D eigenvalue weighted by atomic mass is 32.2. The van der Waals surface area contributed by atoms with Crippen molar-refractivity contribution in [3.63, 3.8) is 0 Å². The maximum Gasteiger partial charge on any atom is 0.362 e. The number of fused-ring (bicyclic) bond motifs is 1. The van der Waals surface area contributed by atoms with Crippen LogP contribution in [0.2, 0.25) is 0 Å². The molecule has 1 amide bonds. The molecule has 0 saturated carbocycles. The summed E-state index contributed by atoms with van der Waals surface area (Å²) >= 11 is 0. The van der Waals surface area contributed by atoms with Crippen molar-refractivity contribution < 1.29 is 46.7 Å². The summed E-state index contributed by atoms with van der Waals surface area (Å²) in [6.45, 7) is -0.745. The normalized spacial score (nSPS) is 21.1. The number of hydrogen-bond acceptors (Lipinski definition) is 13. The van der Waals surface area contributed by atoms with Gasteiger partial charge in [-0.1, -0.05) is 18.2 Å². The summed E-state index contributed by atoms with van der Waals surface area (Å²) in [6, 6.07) is 7.38. The Morgan fingerprint density at radius 2 is 1.82 bits per heavy atom. The second-order valence-electron chi connectivity index (χ2n) is 8.49. The summed E-state index contributed by atoms with van der Waals surface area (Å²) in [6.07, 6.45) is -3.71. The Balaban J connectivity index is 1.32. The van der Waals surface area contributed by atoms with Gasteiger partial charge < -0.3 is 25.4 Å². The van der Waals surface area contributed by atoms with Crippen molar-refractivity contribution in [2.45, 2.75) is 37.4 Å². The maximum atomic E-state index is 12.5. The number of carbonyl (C=O) groups excluding carboxylic acids is 3. The van der Waals surface area contributed by atoms with E-state index in [1.807, 2.05) is 0 Å². The molecule has 5 N–H and O–H groups in total. The lowest BCUT2D eigenvalue weighted by Gasteiger charge is -2.16. The molecule has 0 aliphatic carbocycles. The van der Waals surface area contributed by atoms with Crippen LogP contribution in [0.15, 0.2) is 42.9 Å². The van der Waals surface area contributed by atoms with Crippen LogP contribution in [0.1, 0.15) is 39.8 Å². The number of rotatable bonds is 10. The number of aliphatic hydroxyl groups excluding tert-OH is 2. The maximum absolute atomic E-state index is 12.5. The van der Waals surface area contributed by atoms with E-state index in [0.29, 0.717) is 11.2 Å². The van der Waals surface area contributed by atoms with E-state index in [2.05, 4.69) is 14.7 Å². The molecular formula is C23H25N5O10S. The fourth-order valence-electron chi connectivity index (χ4n) is 3.99. The Kier molecular flexibility index (Phi) is 8.22. The number of methoxy groups -OCH3 is 1. The van der Waals surface area contributed by atoms with Gasteiger partial charge >= 0.3 is 16.3 Å². The molecule has 1 fully saturated rings. The number of nitrogens with one attached hydrogen (secondary N) is 1. The molecule has 4 rings (SSSR count). The van der Waals surface area contributed by atoms with Crippen LogP contribution in [-0.4, -0.2) is 82.9 Å². The number of esters is 1. The van der Waals surface area contributed by atoms with Crippen molar-refractivity contribution in [3.05, 3.63) is 54.0 Å². The third kappa shape index (κ3) is 6.04. The minimum atomic E-state index is -4.66. The summed E-state index contributed by atoms with van der Waals surface area (Å²) in [5.74, 6) is -2.35. The van der Waals surface area contributed by atoms with Gasteiger partial charge in [-0.3, -0.25) is 18.3 Å². The van der Waals surface area contributed by atoms with E-state index >= 15 is 0 Å². The van der Waals surface area contributed by atoms with E-state index in [0.717, 1.165) is 7.11 Å². The van der Waals surface area contributed by atoms with Gasteiger partial charge in [0.1, 0.15) is 23.8 Å². The molecule has 1 aromatic carbocycles. The van der Waals surface area contributed by atoms with Crippen LogP contribution in [0.3, 0.4) is 0 Å². The Morgan fingerprint density at radius 1 is 1.10 bits per heavy atom. The molecule has 0 bridgehead atoms. The number of aliphatic hydroxyl groups is 2. The number of benzene rings is 1. The summed E-state index contributed by atoms with van der Waals surface area (Å²) in [7, 11) is -3.51. The van der Waals surface area contributed by atoms with Gasteiger partial charge in [0.2, 0.25) is 5.91 Å². The van der Waals surface area contributed by atoms with Crippen LogP contribution in [0.5, 0.6) is 0 Å². The van der Waals surface area contributed by atoms with E-state index in [-0.39, 0.29) is 16.8 Å². The number of ether oxygens (including phenoxy) is 2. The number of Topliss-reactive ketones (excluding diaryl/α,β-unsaturated/α-hetero) is 1. The van der Waals surface area contributed by atoms with E-state index < -0.39 is 72.0 Å².